The molecule has 1 aliphatic rings. The smallest absolute Gasteiger partial charge is 0.290 e. The lowest BCUT2D eigenvalue weighted by Crippen LogP contribution is -2.40. The van der Waals surface area contributed by atoms with Crippen molar-refractivity contribution in [3.8, 4) is 11.3 Å². The predicted octanol–water partition coefficient (Wildman–Crippen LogP) is 5.04. The molecule has 3 N–H and O–H groups in total. The Bertz CT molecular complexity index is 1730. The first-order valence-electron chi connectivity index (χ1n) is 14.7. The number of likely N-dealkylation sites (tertiary alicyclic amines) is 1. The van der Waals surface area contributed by atoms with Crippen molar-refractivity contribution in [2.45, 2.75) is 52.1 Å². The van der Waals surface area contributed by atoms with Crippen LogP contribution in [-0.2, 0) is 12.5 Å². The number of carbonyl (C=O) groups is 2. The molecule has 0 radical (unpaired) electrons. The van der Waals surface area contributed by atoms with Crippen molar-refractivity contribution < 1.29 is 14.7 Å². The molecule has 0 atom stereocenters. The Balaban J connectivity index is 1.34. The minimum absolute atomic E-state index is 0.00612. The van der Waals surface area contributed by atoms with Crippen LogP contribution in [0.15, 0.2) is 71.7 Å². The van der Waals surface area contributed by atoms with E-state index >= 15 is 0 Å². The fourth-order valence-corrected chi connectivity index (χ4v) is 5.18. The number of rotatable bonds is 6. The largest absolute Gasteiger partial charge is 0.393 e. The molecule has 2 aromatic heterocycles. The van der Waals surface area contributed by atoms with Gasteiger partial charge >= 0.3 is 0 Å². The van der Waals surface area contributed by atoms with Crippen molar-refractivity contribution >= 4 is 29.0 Å². The minimum atomic E-state index is -0.363. The summed E-state index contributed by atoms with van der Waals surface area (Å²) in [7, 11) is 1.57. The van der Waals surface area contributed by atoms with Crippen LogP contribution in [0, 0.1) is 6.92 Å². The normalized spacial score (nSPS) is 13.9. The highest BCUT2D eigenvalue weighted by Gasteiger charge is 2.23. The van der Waals surface area contributed by atoms with Gasteiger partial charge in [0.2, 0.25) is 0 Å². The Kier molecular flexibility index (Phi) is 8.64. The molecule has 0 bridgehead atoms. The van der Waals surface area contributed by atoms with Gasteiger partial charge in [-0.1, -0.05) is 45.0 Å². The molecule has 228 valence electrons. The van der Waals surface area contributed by atoms with E-state index in [0.29, 0.717) is 54.3 Å². The van der Waals surface area contributed by atoms with Crippen molar-refractivity contribution in [2.75, 3.05) is 23.7 Å². The standard InChI is InChI=1S/C34H38N6O4/c1-21-26(7-6-8-27(21)37-31(42)22-9-12-24(13-10-22)34(2,3)4)28-19-29(33(44)39(5)38-28)36-30-14-11-23(20-35-30)32(43)40-17-15-25(41)16-18-40/h6-14,19-20,25,41H,15-18H2,1-5H3,(H,35,36)(H,37,42). The van der Waals surface area contributed by atoms with E-state index < -0.39 is 0 Å². The van der Waals surface area contributed by atoms with Gasteiger partial charge in [-0.15, -0.1) is 0 Å². The van der Waals surface area contributed by atoms with E-state index in [4.69, 9.17) is 0 Å². The zero-order valence-corrected chi connectivity index (χ0v) is 25.7. The van der Waals surface area contributed by atoms with Crippen LogP contribution in [0.4, 0.5) is 17.2 Å². The summed E-state index contributed by atoms with van der Waals surface area (Å²) >= 11 is 0. The number of piperidine rings is 1. The number of benzene rings is 2. The molecule has 2 amide bonds. The molecule has 44 heavy (non-hydrogen) atoms. The Morgan fingerprint density at radius 3 is 2.27 bits per heavy atom. The van der Waals surface area contributed by atoms with Crippen LogP contribution < -0.4 is 16.2 Å². The number of aliphatic hydroxyl groups excluding tert-OH is 1. The molecular formula is C34H38N6O4. The van der Waals surface area contributed by atoms with Crippen molar-refractivity contribution in [3.63, 3.8) is 0 Å². The molecule has 3 heterocycles. The van der Waals surface area contributed by atoms with Gasteiger partial charge in [0.15, 0.2) is 0 Å². The van der Waals surface area contributed by atoms with Crippen molar-refractivity contribution in [1.82, 2.24) is 19.7 Å². The zero-order valence-electron chi connectivity index (χ0n) is 25.7. The van der Waals surface area contributed by atoms with E-state index in [1.165, 1.54) is 10.9 Å². The summed E-state index contributed by atoms with van der Waals surface area (Å²) in [5.74, 6) is 0.0508. The average Bonchev–Trinajstić information content (AvgIpc) is 3.00. The predicted molar refractivity (Wildman–Crippen MR) is 171 cm³/mol. The van der Waals surface area contributed by atoms with Crippen LogP contribution in [-0.4, -0.2) is 55.8 Å². The number of hydrogen-bond acceptors (Lipinski definition) is 7. The molecule has 0 saturated carbocycles. The van der Waals surface area contributed by atoms with Crippen LogP contribution in [0.2, 0.25) is 0 Å². The monoisotopic (exact) mass is 594 g/mol. The van der Waals surface area contributed by atoms with E-state index in [1.54, 1.807) is 30.1 Å². The van der Waals surface area contributed by atoms with Gasteiger partial charge in [0.05, 0.1) is 17.4 Å². The number of nitrogens with zero attached hydrogens (tertiary/aromatic N) is 4. The topological polar surface area (TPSA) is 129 Å². The molecule has 10 nitrogen and oxygen atoms in total. The van der Waals surface area contributed by atoms with Crippen molar-refractivity contribution in [2.24, 2.45) is 7.05 Å². The Labute approximate surface area is 256 Å². The highest BCUT2D eigenvalue weighted by molar-refractivity contribution is 6.05. The maximum atomic E-state index is 13.1. The summed E-state index contributed by atoms with van der Waals surface area (Å²) in [6.07, 6.45) is 2.24. The third-order valence-corrected chi connectivity index (χ3v) is 7.96. The van der Waals surface area contributed by atoms with E-state index in [-0.39, 0.29) is 34.6 Å². The average molecular weight is 595 g/mol. The van der Waals surface area contributed by atoms with Crippen molar-refractivity contribution in [3.05, 3.63) is 99.5 Å². The molecule has 1 aliphatic heterocycles. The fraction of sp³-hybridized carbons (Fsp3) is 0.324. The van der Waals surface area contributed by atoms with Gasteiger partial charge in [0, 0.05) is 43.1 Å². The summed E-state index contributed by atoms with van der Waals surface area (Å²) in [5, 5.41) is 20.3. The minimum Gasteiger partial charge on any atom is -0.393 e. The lowest BCUT2D eigenvalue weighted by atomic mass is 9.86. The van der Waals surface area contributed by atoms with Gasteiger partial charge in [-0.2, -0.15) is 5.10 Å². The van der Waals surface area contributed by atoms with Crippen LogP contribution >= 0.6 is 0 Å². The third kappa shape index (κ3) is 6.70. The number of pyridine rings is 1. The molecule has 5 rings (SSSR count). The number of carbonyl (C=O) groups excluding carboxylic acids is 2. The highest BCUT2D eigenvalue weighted by atomic mass is 16.3. The van der Waals surface area contributed by atoms with E-state index in [0.717, 1.165) is 16.7 Å². The number of hydrogen-bond donors (Lipinski definition) is 3. The molecule has 2 aromatic carbocycles. The van der Waals surface area contributed by atoms with Gasteiger partial charge in [0.1, 0.15) is 11.5 Å². The molecular weight excluding hydrogens is 556 g/mol. The fourth-order valence-electron chi connectivity index (χ4n) is 5.18. The second kappa shape index (κ2) is 12.4. The van der Waals surface area contributed by atoms with Crippen LogP contribution in [0.5, 0.6) is 0 Å². The number of aromatic nitrogens is 3. The SMILES string of the molecule is Cc1c(NC(=O)c2ccc(C(C)(C)C)cc2)cccc1-c1cc(Nc2ccc(C(=O)N3CCC(O)CC3)cn2)c(=O)n(C)n1. The quantitative estimate of drug-likeness (QED) is 0.285. The van der Waals surface area contributed by atoms with Crippen LogP contribution in [0.1, 0.15) is 65.5 Å². The first kappa shape index (κ1) is 30.6. The number of anilines is 3. The van der Waals surface area contributed by atoms with Gasteiger partial charge in [0.25, 0.3) is 17.4 Å². The van der Waals surface area contributed by atoms with E-state index in [2.05, 4.69) is 41.5 Å². The molecule has 1 fully saturated rings. The molecule has 1 saturated heterocycles. The molecule has 0 aliphatic carbocycles. The van der Waals surface area contributed by atoms with E-state index in [9.17, 15) is 19.5 Å². The maximum Gasteiger partial charge on any atom is 0.290 e. The Hall–Kier alpha value is -4.83. The molecule has 0 spiro atoms. The number of aryl methyl sites for hydroxylation is 1. The summed E-state index contributed by atoms with van der Waals surface area (Å²) in [6.45, 7) is 9.29. The lowest BCUT2D eigenvalue weighted by Gasteiger charge is -2.29. The van der Waals surface area contributed by atoms with Gasteiger partial charge in [-0.05, 0) is 72.7 Å². The van der Waals surface area contributed by atoms with Gasteiger partial charge < -0.3 is 20.6 Å². The summed E-state index contributed by atoms with van der Waals surface area (Å²) < 4.78 is 1.25. The van der Waals surface area contributed by atoms with E-state index in [1.807, 2.05) is 49.4 Å². The van der Waals surface area contributed by atoms with Gasteiger partial charge in [-0.25, -0.2) is 9.67 Å². The molecule has 10 heteroatoms. The maximum absolute atomic E-state index is 13.1. The lowest BCUT2D eigenvalue weighted by molar-refractivity contribution is 0.0546. The third-order valence-electron chi connectivity index (χ3n) is 7.96. The highest BCUT2D eigenvalue weighted by Crippen LogP contribution is 2.29. The van der Waals surface area contributed by atoms with Crippen LogP contribution in [0.25, 0.3) is 11.3 Å². The second-order valence-corrected chi connectivity index (χ2v) is 12.2. The first-order chi connectivity index (χ1) is 20.9. The number of aliphatic hydroxyl groups is 1. The van der Waals surface area contributed by atoms with Gasteiger partial charge in [-0.3, -0.25) is 14.4 Å². The summed E-state index contributed by atoms with van der Waals surface area (Å²) in [4.78, 5) is 45.0. The summed E-state index contributed by atoms with van der Waals surface area (Å²) in [6, 6.07) is 18.1. The Morgan fingerprint density at radius 2 is 1.64 bits per heavy atom. The summed E-state index contributed by atoms with van der Waals surface area (Å²) in [5.41, 5.74) is 4.80. The van der Waals surface area contributed by atoms with Crippen molar-refractivity contribution in [1.29, 1.82) is 0 Å². The molecule has 4 aromatic rings. The first-order valence-corrected chi connectivity index (χ1v) is 14.7. The second-order valence-electron chi connectivity index (χ2n) is 12.2. The molecule has 0 unspecified atom stereocenters. The Morgan fingerprint density at radius 1 is 0.955 bits per heavy atom. The van der Waals surface area contributed by atoms with Crippen LogP contribution in [0.3, 0.4) is 0 Å². The zero-order chi connectivity index (χ0) is 31.6. The number of amides is 2. The number of nitrogens with one attached hydrogen (secondary N) is 2.